The lowest BCUT2D eigenvalue weighted by Crippen LogP contribution is -2.15. The summed E-state index contributed by atoms with van der Waals surface area (Å²) in [5.74, 6) is -2.30. The molecule has 0 amide bonds. The molecule has 116 valence electrons. The normalized spacial score (nSPS) is 14.5. The van der Waals surface area contributed by atoms with Crippen LogP contribution >= 0.6 is 0 Å². The molecule has 0 radical (unpaired) electrons. The van der Waals surface area contributed by atoms with Crippen molar-refractivity contribution in [2.45, 2.75) is 30.6 Å². The molecule has 0 spiro atoms. The van der Waals surface area contributed by atoms with Crippen LogP contribution in [0.25, 0.3) is 0 Å². The lowest BCUT2D eigenvalue weighted by molar-refractivity contribution is 0.511. The summed E-state index contributed by atoms with van der Waals surface area (Å²) in [6.07, 6.45) is 3.92. The Morgan fingerprint density at radius 2 is 1.68 bits per heavy atom. The molecule has 0 saturated heterocycles. The number of nitrogens with one attached hydrogen (secondary N) is 1. The number of sulfonamides is 1. The molecule has 2 aromatic rings. The van der Waals surface area contributed by atoms with Crippen LogP contribution in [-0.4, -0.2) is 8.42 Å². The van der Waals surface area contributed by atoms with Crippen LogP contribution in [0.2, 0.25) is 0 Å². The SMILES string of the molecule is O=S(=O)(Nc1cccc(F)c1F)c1ccc2c(c1)CCCC2. The van der Waals surface area contributed by atoms with Crippen LogP contribution < -0.4 is 4.72 Å². The van der Waals surface area contributed by atoms with E-state index in [0.717, 1.165) is 42.9 Å². The molecule has 0 atom stereocenters. The third kappa shape index (κ3) is 2.83. The van der Waals surface area contributed by atoms with Crippen molar-refractivity contribution in [3.63, 3.8) is 0 Å². The topological polar surface area (TPSA) is 46.2 Å². The van der Waals surface area contributed by atoms with Crippen molar-refractivity contribution in [1.29, 1.82) is 0 Å². The van der Waals surface area contributed by atoms with Gasteiger partial charge in [0.2, 0.25) is 0 Å². The maximum Gasteiger partial charge on any atom is 0.261 e. The molecule has 22 heavy (non-hydrogen) atoms. The monoisotopic (exact) mass is 323 g/mol. The molecule has 1 aliphatic rings. The summed E-state index contributed by atoms with van der Waals surface area (Å²) in [5.41, 5.74) is 1.77. The molecule has 0 fully saturated rings. The first-order chi connectivity index (χ1) is 10.5. The largest absolute Gasteiger partial charge is 0.277 e. The Morgan fingerprint density at radius 3 is 2.45 bits per heavy atom. The zero-order chi connectivity index (χ0) is 15.7. The number of hydrogen-bond acceptors (Lipinski definition) is 2. The second kappa shape index (κ2) is 5.68. The number of halogens is 2. The van der Waals surface area contributed by atoms with E-state index < -0.39 is 27.3 Å². The summed E-state index contributed by atoms with van der Waals surface area (Å²) < 4.78 is 53.6. The summed E-state index contributed by atoms with van der Waals surface area (Å²) in [6.45, 7) is 0. The van der Waals surface area contributed by atoms with Crippen molar-refractivity contribution >= 4 is 15.7 Å². The Labute approximate surface area is 128 Å². The van der Waals surface area contributed by atoms with Crippen LogP contribution in [0.15, 0.2) is 41.3 Å². The van der Waals surface area contributed by atoms with Gasteiger partial charge in [-0.15, -0.1) is 0 Å². The fourth-order valence-electron chi connectivity index (χ4n) is 2.66. The van der Waals surface area contributed by atoms with Gasteiger partial charge in [0, 0.05) is 0 Å². The van der Waals surface area contributed by atoms with E-state index in [0.29, 0.717) is 0 Å². The van der Waals surface area contributed by atoms with Crippen molar-refractivity contribution in [1.82, 2.24) is 0 Å². The minimum atomic E-state index is -3.94. The number of fused-ring (bicyclic) bond motifs is 1. The lowest BCUT2D eigenvalue weighted by atomic mass is 9.92. The fraction of sp³-hybridized carbons (Fsp3) is 0.250. The molecule has 0 aromatic heterocycles. The van der Waals surface area contributed by atoms with Gasteiger partial charge in [-0.2, -0.15) is 0 Å². The second-order valence-electron chi connectivity index (χ2n) is 5.34. The molecule has 2 aromatic carbocycles. The van der Waals surface area contributed by atoms with Gasteiger partial charge >= 0.3 is 0 Å². The van der Waals surface area contributed by atoms with Gasteiger partial charge in [0.1, 0.15) is 0 Å². The molecule has 0 unspecified atom stereocenters. The Hall–Kier alpha value is -1.95. The van der Waals surface area contributed by atoms with Crippen molar-refractivity contribution in [2.24, 2.45) is 0 Å². The van der Waals surface area contributed by atoms with E-state index in [2.05, 4.69) is 4.72 Å². The van der Waals surface area contributed by atoms with Crippen LogP contribution in [0.3, 0.4) is 0 Å². The predicted molar refractivity (Wildman–Crippen MR) is 80.3 cm³/mol. The van der Waals surface area contributed by atoms with Crippen molar-refractivity contribution < 1.29 is 17.2 Å². The molecule has 0 aliphatic heterocycles. The fourth-order valence-corrected chi connectivity index (χ4v) is 3.77. The summed E-state index contributed by atoms with van der Waals surface area (Å²) in [4.78, 5) is 0.0665. The van der Waals surface area contributed by atoms with E-state index in [9.17, 15) is 17.2 Å². The molecule has 0 saturated carbocycles. The maximum atomic E-state index is 13.6. The van der Waals surface area contributed by atoms with Crippen molar-refractivity contribution in [3.8, 4) is 0 Å². The molecule has 0 bridgehead atoms. The zero-order valence-electron chi connectivity index (χ0n) is 11.8. The molecular weight excluding hydrogens is 308 g/mol. The first kappa shape index (κ1) is 15.0. The Morgan fingerprint density at radius 1 is 0.955 bits per heavy atom. The quantitative estimate of drug-likeness (QED) is 0.937. The van der Waals surface area contributed by atoms with Crippen LogP contribution in [0.1, 0.15) is 24.0 Å². The third-order valence-corrected chi connectivity index (χ3v) is 5.19. The standard InChI is InChI=1S/C16H15F2NO2S/c17-14-6-3-7-15(16(14)18)19-22(20,21)13-9-8-11-4-1-2-5-12(11)10-13/h3,6-10,19H,1-2,4-5H2. The Balaban J connectivity index is 1.94. The van der Waals surface area contributed by atoms with Gasteiger partial charge in [-0.05, 0) is 61.1 Å². The average molecular weight is 323 g/mol. The summed E-state index contributed by atoms with van der Waals surface area (Å²) in [5, 5.41) is 0. The Bertz CT molecular complexity index is 819. The third-order valence-electron chi connectivity index (χ3n) is 3.83. The van der Waals surface area contributed by atoms with Crippen molar-refractivity contribution in [2.75, 3.05) is 4.72 Å². The van der Waals surface area contributed by atoms with Crippen LogP contribution in [0, 0.1) is 11.6 Å². The van der Waals surface area contributed by atoms with E-state index in [1.807, 2.05) is 0 Å². The summed E-state index contributed by atoms with van der Waals surface area (Å²) in [7, 11) is -3.94. The highest BCUT2D eigenvalue weighted by atomic mass is 32.2. The van der Waals surface area contributed by atoms with Crippen LogP contribution in [0.5, 0.6) is 0 Å². The average Bonchev–Trinajstić information content (AvgIpc) is 2.51. The number of aryl methyl sites for hydroxylation is 2. The highest BCUT2D eigenvalue weighted by molar-refractivity contribution is 7.92. The summed E-state index contributed by atoms with van der Waals surface area (Å²) in [6, 6.07) is 8.30. The van der Waals surface area contributed by atoms with E-state index in [4.69, 9.17) is 0 Å². The molecule has 1 aliphatic carbocycles. The van der Waals surface area contributed by atoms with Crippen molar-refractivity contribution in [3.05, 3.63) is 59.2 Å². The number of rotatable bonds is 3. The minimum absolute atomic E-state index is 0.0665. The van der Waals surface area contributed by atoms with E-state index in [1.54, 1.807) is 12.1 Å². The van der Waals surface area contributed by atoms with Gasteiger partial charge in [-0.25, -0.2) is 17.2 Å². The highest BCUT2D eigenvalue weighted by Gasteiger charge is 2.20. The minimum Gasteiger partial charge on any atom is -0.277 e. The van der Waals surface area contributed by atoms with E-state index in [1.165, 1.54) is 18.2 Å². The smallest absolute Gasteiger partial charge is 0.261 e. The van der Waals surface area contributed by atoms with Crippen LogP contribution in [-0.2, 0) is 22.9 Å². The van der Waals surface area contributed by atoms with E-state index in [-0.39, 0.29) is 4.90 Å². The van der Waals surface area contributed by atoms with Gasteiger partial charge in [-0.1, -0.05) is 12.1 Å². The van der Waals surface area contributed by atoms with Gasteiger partial charge in [0.05, 0.1) is 10.6 Å². The van der Waals surface area contributed by atoms with Gasteiger partial charge < -0.3 is 0 Å². The number of benzene rings is 2. The van der Waals surface area contributed by atoms with E-state index >= 15 is 0 Å². The summed E-state index contributed by atoms with van der Waals surface area (Å²) >= 11 is 0. The van der Waals surface area contributed by atoms with Gasteiger partial charge in [0.15, 0.2) is 11.6 Å². The molecule has 6 heteroatoms. The van der Waals surface area contributed by atoms with Gasteiger partial charge in [0.25, 0.3) is 10.0 Å². The van der Waals surface area contributed by atoms with Crippen LogP contribution in [0.4, 0.5) is 14.5 Å². The molecule has 3 nitrogen and oxygen atoms in total. The predicted octanol–water partition coefficient (Wildman–Crippen LogP) is 3.64. The lowest BCUT2D eigenvalue weighted by Gasteiger charge is -2.17. The number of hydrogen-bond donors (Lipinski definition) is 1. The first-order valence-corrected chi connectivity index (χ1v) is 8.54. The molecule has 0 heterocycles. The number of anilines is 1. The second-order valence-corrected chi connectivity index (χ2v) is 7.03. The maximum absolute atomic E-state index is 13.6. The molecule has 1 N–H and O–H groups in total. The molecular formula is C16H15F2NO2S. The molecule has 3 rings (SSSR count). The van der Waals surface area contributed by atoms with Gasteiger partial charge in [-0.3, -0.25) is 4.72 Å². The first-order valence-electron chi connectivity index (χ1n) is 7.06. The Kier molecular flexibility index (Phi) is 3.87. The zero-order valence-corrected chi connectivity index (χ0v) is 12.6. The highest BCUT2D eigenvalue weighted by Crippen LogP contribution is 2.26.